The highest BCUT2D eigenvalue weighted by molar-refractivity contribution is 5.92. The lowest BCUT2D eigenvalue weighted by Crippen LogP contribution is -2.51. The van der Waals surface area contributed by atoms with Gasteiger partial charge in [0, 0.05) is 61.6 Å². The third-order valence-electron chi connectivity index (χ3n) is 10.1. The molecule has 2 bridgehead atoms. The van der Waals surface area contributed by atoms with Gasteiger partial charge in [-0.1, -0.05) is 40.0 Å². The Balaban J connectivity index is 1.57. The van der Waals surface area contributed by atoms with Gasteiger partial charge in [-0.3, -0.25) is 0 Å². The molecule has 12 heteroatoms. The molecule has 4 heterocycles. The molecule has 0 radical (unpaired) electrons. The maximum atomic E-state index is 15.1. The van der Waals surface area contributed by atoms with Gasteiger partial charge in [0.05, 0.1) is 40.3 Å². The van der Waals surface area contributed by atoms with E-state index in [9.17, 15) is 4.39 Å². The fourth-order valence-corrected chi connectivity index (χ4v) is 7.34. The number of aryl methyl sites for hydroxylation is 1. The molecule has 6 rings (SSSR count). The van der Waals surface area contributed by atoms with Crippen molar-refractivity contribution in [3.63, 3.8) is 0 Å². The van der Waals surface area contributed by atoms with Crippen LogP contribution in [-0.4, -0.2) is 50.3 Å². The van der Waals surface area contributed by atoms with Crippen LogP contribution in [0.5, 0.6) is 0 Å². The highest BCUT2D eigenvalue weighted by Gasteiger charge is 2.27. The standard InChI is InChI=1S/C41H48F3N9/c1-8-16-51-25(4)17-38(32(21-45)41(51)49-35-15-14-29(42)19-33(35)44)53-24-46-39-13-11-12-34(48-39)31-18-30(43)20-36-40(31)52(27(6)47-36)23-28(9-2)22-50(7)26(5)37(53)10-3/h11-15,17-21,28,37H,4-5,8-10,16,22-24,45H2,1-3,6-7H3,(H,46,48). The van der Waals surface area contributed by atoms with Crippen molar-refractivity contribution >= 4 is 41.0 Å². The zero-order chi connectivity index (χ0) is 38.0. The summed E-state index contributed by atoms with van der Waals surface area (Å²) in [6.07, 6.45) is 3.80. The number of imidazole rings is 1. The van der Waals surface area contributed by atoms with Crippen LogP contribution >= 0.6 is 0 Å². The Morgan fingerprint density at radius 1 is 0.981 bits per heavy atom. The molecule has 2 aromatic carbocycles. The number of benzene rings is 2. The van der Waals surface area contributed by atoms with E-state index in [-0.39, 0.29) is 30.1 Å². The topological polar surface area (TPSA) is 92.5 Å². The number of anilines is 2. The minimum absolute atomic E-state index is 0.0173. The number of rotatable bonds is 6. The van der Waals surface area contributed by atoms with E-state index in [1.54, 1.807) is 0 Å². The molecule has 3 N–H and O–H groups in total. The second-order valence-corrected chi connectivity index (χ2v) is 13.7. The second kappa shape index (κ2) is 15.6. The van der Waals surface area contributed by atoms with Gasteiger partial charge in [0.15, 0.2) is 5.82 Å². The fourth-order valence-electron chi connectivity index (χ4n) is 7.34. The Hall–Kier alpha value is -5.52. The molecule has 1 aliphatic heterocycles. The van der Waals surface area contributed by atoms with Crippen LogP contribution in [0.15, 0.2) is 71.9 Å². The Morgan fingerprint density at radius 3 is 2.47 bits per heavy atom. The smallest absolute Gasteiger partial charge is 0.151 e. The van der Waals surface area contributed by atoms with Crippen LogP contribution in [0.25, 0.3) is 35.1 Å². The molecule has 278 valence electrons. The van der Waals surface area contributed by atoms with Crippen LogP contribution in [0.4, 0.5) is 30.4 Å². The number of likely N-dealkylation sites (N-methyl/N-ethyl adjacent to an activating group) is 1. The summed E-state index contributed by atoms with van der Waals surface area (Å²) < 4.78 is 48.2. The predicted octanol–water partition coefficient (Wildman–Crippen LogP) is 6.51. The molecule has 5 aromatic rings. The van der Waals surface area contributed by atoms with E-state index in [1.165, 1.54) is 30.5 Å². The maximum absolute atomic E-state index is 15.1. The van der Waals surface area contributed by atoms with Crippen LogP contribution in [0, 0.1) is 30.3 Å². The van der Waals surface area contributed by atoms with Crippen molar-refractivity contribution in [3.8, 4) is 11.3 Å². The van der Waals surface area contributed by atoms with Gasteiger partial charge < -0.3 is 30.0 Å². The first-order valence-corrected chi connectivity index (χ1v) is 18.2. The number of hydrogen-bond donors (Lipinski definition) is 2. The second-order valence-electron chi connectivity index (χ2n) is 13.7. The van der Waals surface area contributed by atoms with Crippen LogP contribution in [-0.2, 0) is 13.1 Å². The van der Waals surface area contributed by atoms with E-state index in [1.807, 2.05) is 42.7 Å². The number of fused-ring (bicyclic) bond motifs is 3. The van der Waals surface area contributed by atoms with Crippen LogP contribution in [0.2, 0.25) is 0 Å². The van der Waals surface area contributed by atoms with Crippen molar-refractivity contribution in [1.82, 2.24) is 24.0 Å². The van der Waals surface area contributed by atoms with Gasteiger partial charge in [-0.2, -0.15) is 0 Å². The molecular weight excluding hydrogens is 676 g/mol. The first kappa shape index (κ1) is 37.2. The minimum atomic E-state index is -0.783. The molecule has 0 amide bonds. The van der Waals surface area contributed by atoms with Crippen LogP contribution in [0.1, 0.15) is 45.9 Å². The number of aromatic nitrogens is 4. The number of nitrogens with two attached hydrogens (primary N) is 1. The molecule has 1 aliphatic rings. The summed E-state index contributed by atoms with van der Waals surface area (Å²) in [5, 5.41) is 4.72. The first-order valence-electron chi connectivity index (χ1n) is 18.2. The van der Waals surface area contributed by atoms with Gasteiger partial charge in [0.2, 0.25) is 0 Å². The average Bonchev–Trinajstić information content (AvgIpc) is 3.44. The first-order chi connectivity index (χ1) is 25.5. The van der Waals surface area contributed by atoms with E-state index in [0.717, 1.165) is 35.9 Å². The van der Waals surface area contributed by atoms with E-state index in [4.69, 9.17) is 20.7 Å². The molecule has 0 saturated heterocycles. The van der Waals surface area contributed by atoms with Gasteiger partial charge in [0.1, 0.15) is 34.5 Å². The summed E-state index contributed by atoms with van der Waals surface area (Å²) >= 11 is 0. The summed E-state index contributed by atoms with van der Waals surface area (Å²) in [5.41, 5.74) is 11.1. The molecule has 9 nitrogen and oxygen atoms in total. The normalized spacial score (nSPS) is 17.6. The van der Waals surface area contributed by atoms with Crippen molar-refractivity contribution in [2.75, 3.05) is 30.5 Å². The lowest BCUT2D eigenvalue weighted by Gasteiger charge is -2.39. The van der Waals surface area contributed by atoms with E-state index in [2.05, 4.69) is 53.7 Å². The summed E-state index contributed by atoms with van der Waals surface area (Å²) in [4.78, 5) is 18.8. The van der Waals surface area contributed by atoms with Crippen molar-refractivity contribution in [3.05, 3.63) is 106 Å². The van der Waals surface area contributed by atoms with Gasteiger partial charge in [-0.15, -0.1) is 0 Å². The lowest BCUT2D eigenvalue weighted by molar-refractivity contribution is 0.284. The molecule has 3 aromatic heterocycles. The molecule has 53 heavy (non-hydrogen) atoms. The summed E-state index contributed by atoms with van der Waals surface area (Å²) in [6.45, 7) is 19.5. The highest BCUT2D eigenvalue weighted by Crippen LogP contribution is 2.32. The summed E-state index contributed by atoms with van der Waals surface area (Å²) in [6, 6.07) is 13.7. The van der Waals surface area contributed by atoms with Crippen molar-refractivity contribution in [2.24, 2.45) is 16.6 Å². The fraction of sp³-hybridized carbons (Fsp3) is 0.341. The third-order valence-corrected chi connectivity index (χ3v) is 10.1. The Bertz CT molecular complexity index is 2350. The van der Waals surface area contributed by atoms with Gasteiger partial charge in [-0.05, 0) is 68.5 Å². The quantitative estimate of drug-likeness (QED) is 0.208. The Morgan fingerprint density at radius 2 is 1.77 bits per heavy atom. The Kier molecular flexibility index (Phi) is 11.0. The van der Waals surface area contributed by atoms with Crippen molar-refractivity contribution < 1.29 is 13.2 Å². The van der Waals surface area contributed by atoms with Crippen molar-refractivity contribution in [1.29, 1.82) is 0 Å². The largest absolute Gasteiger partial charge is 0.404 e. The van der Waals surface area contributed by atoms with Gasteiger partial charge in [-0.25, -0.2) is 28.1 Å². The monoisotopic (exact) mass is 723 g/mol. The summed E-state index contributed by atoms with van der Waals surface area (Å²) in [5.74, 6) is -0.259. The van der Waals surface area contributed by atoms with E-state index < -0.39 is 11.6 Å². The SMILES string of the molecule is C=C1C(CC)N(c2cc(=C)n(CCC)c(=Nc3ccc(F)cc3F)c2=CN)CNc2cccc(n2)-c2cc(F)cc3nc(C)n(c23)CC(CC)CN1C. The third kappa shape index (κ3) is 7.40. The minimum Gasteiger partial charge on any atom is -0.404 e. The van der Waals surface area contributed by atoms with Crippen LogP contribution in [0.3, 0.4) is 0 Å². The highest BCUT2D eigenvalue weighted by atomic mass is 19.1. The molecule has 0 fully saturated rings. The molecular formula is C41H48F3N9. The van der Waals surface area contributed by atoms with Crippen LogP contribution < -0.4 is 32.0 Å². The number of nitrogens with zero attached hydrogens (tertiary/aromatic N) is 7. The molecule has 2 atom stereocenters. The molecule has 0 aliphatic carbocycles. The zero-order valence-corrected chi connectivity index (χ0v) is 31.1. The molecule has 0 saturated carbocycles. The summed E-state index contributed by atoms with van der Waals surface area (Å²) in [7, 11) is 2.06. The van der Waals surface area contributed by atoms with Gasteiger partial charge in [0.25, 0.3) is 0 Å². The average molecular weight is 724 g/mol. The number of hydrogen-bond acceptors (Lipinski definition) is 7. The van der Waals surface area contributed by atoms with E-state index >= 15 is 8.78 Å². The zero-order valence-electron chi connectivity index (χ0n) is 31.1. The molecule has 0 spiro atoms. The number of nitrogens with one attached hydrogen (secondary N) is 1. The van der Waals surface area contributed by atoms with E-state index in [0.29, 0.717) is 70.4 Å². The number of halogens is 3. The Labute approximate surface area is 308 Å². The van der Waals surface area contributed by atoms with Crippen molar-refractivity contribution in [2.45, 2.75) is 66.1 Å². The van der Waals surface area contributed by atoms with Gasteiger partial charge >= 0.3 is 0 Å². The lowest BCUT2D eigenvalue weighted by atomic mass is 10.0. The maximum Gasteiger partial charge on any atom is 0.151 e. The predicted molar refractivity (Wildman–Crippen MR) is 208 cm³/mol. The molecule has 2 unspecified atom stereocenters. The number of pyridine rings is 2.